The van der Waals surface area contributed by atoms with Crippen molar-refractivity contribution in [2.75, 3.05) is 20.3 Å². The number of hydrogen-bond acceptors (Lipinski definition) is 5. The van der Waals surface area contributed by atoms with Crippen LogP contribution in [0.5, 0.6) is 23.0 Å². The lowest BCUT2D eigenvalue weighted by atomic mass is 9.96. The van der Waals surface area contributed by atoms with E-state index >= 15 is 0 Å². The second-order valence-electron chi connectivity index (χ2n) is 5.50. The molecule has 0 fully saturated rings. The number of carbonyl (C=O) groups excluding carboxylic acids is 1. The molecule has 5 nitrogen and oxygen atoms in total. The molecule has 2 aliphatic heterocycles. The second kappa shape index (κ2) is 5.50. The molecule has 118 valence electrons. The number of carbonyl (C=O) groups is 1. The van der Waals surface area contributed by atoms with Gasteiger partial charge in [0.1, 0.15) is 30.8 Å². The van der Waals surface area contributed by atoms with Crippen LogP contribution in [0.3, 0.4) is 0 Å². The Labute approximate surface area is 133 Å². The lowest BCUT2D eigenvalue weighted by Gasteiger charge is -2.27. The van der Waals surface area contributed by atoms with Crippen LogP contribution in [0.2, 0.25) is 0 Å². The van der Waals surface area contributed by atoms with Crippen LogP contribution < -0.4 is 18.9 Å². The third-order valence-electron chi connectivity index (χ3n) is 4.07. The van der Waals surface area contributed by atoms with Crippen LogP contribution in [0.25, 0.3) is 0 Å². The van der Waals surface area contributed by atoms with E-state index in [1.165, 1.54) is 0 Å². The van der Waals surface area contributed by atoms with Gasteiger partial charge in [0.2, 0.25) is 0 Å². The number of rotatable bonds is 2. The highest BCUT2D eigenvalue weighted by Crippen LogP contribution is 2.39. The van der Waals surface area contributed by atoms with Crippen molar-refractivity contribution in [2.24, 2.45) is 0 Å². The molecule has 5 heteroatoms. The average molecular weight is 312 g/mol. The molecule has 2 aromatic rings. The van der Waals surface area contributed by atoms with Crippen molar-refractivity contribution in [1.29, 1.82) is 0 Å². The van der Waals surface area contributed by atoms with Gasteiger partial charge in [0.25, 0.3) is 0 Å². The Kier molecular flexibility index (Phi) is 3.33. The van der Waals surface area contributed by atoms with Crippen LogP contribution in [0.4, 0.5) is 0 Å². The minimum absolute atomic E-state index is 0.0463. The lowest BCUT2D eigenvalue weighted by Crippen LogP contribution is -2.21. The van der Waals surface area contributed by atoms with E-state index in [0.29, 0.717) is 42.4 Å². The van der Waals surface area contributed by atoms with Crippen molar-refractivity contribution in [2.45, 2.75) is 12.5 Å². The molecule has 0 amide bonds. The highest BCUT2D eigenvalue weighted by atomic mass is 16.6. The fraction of sp³-hybridized carbons (Fsp3) is 0.278. The molecular weight excluding hydrogens is 296 g/mol. The van der Waals surface area contributed by atoms with Crippen molar-refractivity contribution in [3.8, 4) is 23.0 Å². The third-order valence-corrected chi connectivity index (χ3v) is 4.07. The molecule has 0 bridgehead atoms. The number of benzene rings is 2. The number of methoxy groups -OCH3 is 1. The molecule has 0 saturated heterocycles. The van der Waals surface area contributed by atoms with E-state index in [2.05, 4.69) is 0 Å². The number of fused-ring (bicyclic) bond motifs is 2. The van der Waals surface area contributed by atoms with Crippen LogP contribution in [0.1, 0.15) is 28.4 Å². The lowest BCUT2D eigenvalue weighted by molar-refractivity contribution is 0.0848. The van der Waals surface area contributed by atoms with E-state index in [0.717, 1.165) is 11.3 Å². The maximum absolute atomic E-state index is 12.4. The van der Waals surface area contributed by atoms with Crippen molar-refractivity contribution in [1.82, 2.24) is 0 Å². The van der Waals surface area contributed by atoms with Gasteiger partial charge in [-0.1, -0.05) is 6.07 Å². The predicted molar refractivity (Wildman–Crippen MR) is 82.7 cm³/mol. The van der Waals surface area contributed by atoms with Gasteiger partial charge < -0.3 is 18.9 Å². The molecule has 2 heterocycles. The van der Waals surface area contributed by atoms with Gasteiger partial charge in [0, 0.05) is 0 Å². The van der Waals surface area contributed by atoms with Crippen molar-refractivity contribution >= 4 is 5.78 Å². The SMILES string of the molecule is COc1ccc2c(c1)C(=O)C[C@H](c1ccc3c(c1)OCCO3)O2. The monoisotopic (exact) mass is 312 g/mol. The van der Waals surface area contributed by atoms with Crippen molar-refractivity contribution in [3.05, 3.63) is 47.5 Å². The Morgan fingerprint density at radius 3 is 2.61 bits per heavy atom. The quantitative estimate of drug-likeness (QED) is 0.852. The van der Waals surface area contributed by atoms with Crippen molar-refractivity contribution in [3.63, 3.8) is 0 Å². The molecule has 0 saturated carbocycles. The summed E-state index contributed by atoms with van der Waals surface area (Å²) in [5.74, 6) is 2.71. The molecule has 4 rings (SSSR count). The van der Waals surface area contributed by atoms with E-state index in [9.17, 15) is 4.79 Å². The summed E-state index contributed by atoms with van der Waals surface area (Å²) in [7, 11) is 1.58. The Morgan fingerprint density at radius 1 is 1.00 bits per heavy atom. The molecule has 0 aromatic heterocycles. The zero-order valence-electron chi connectivity index (χ0n) is 12.7. The van der Waals surface area contributed by atoms with Gasteiger partial charge in [0.05, 0.1) is 19.1 Å². The first-order valence-electron chi connectivity index (χ1n) is 7.52. The summed E-state index contributed by atoms with van der Waals surface area (Å²) in [4.78, 5) is 12.4. The number of ether oxygens (including phenoxy) is 4. The Hall–Kier alpha value is -2.69. The highest BCUT2D eigenvalue weighted by molar-refractivity contribution is 6.00. The standard InChI is InChI=1S/C18H16O5/c1-20-12-3-5-15-13(9-12)14(19)10-17(23-15)11-2-4-16-18(8-11)22-7-6-21-16/h2-5,8-9,17H,6-7,10H2,1H3/t17-/m1/s1. The molecule has 0 radical (unpaired) electrons. The Balaban J connectivity index is 1.65. The van der Waals surface area contributed by atoms with Crippen LogP contribution in [-0.4, -0.2) is 26.1 Å². The number of ketones is 1. The van der Waals surface area contributed by atoms with Gasteiger partial charge in [-0.15, -0.1) is 0 Å². The number of hydrogen-bond donors (Lipinski definition) is 0. The van der Waals surface area contributed by atoms with Gasteiger partial charge in [0.15, 0.2) is 17.3 Å². The van der Waals surface area contributed by atoms with Gasteiger partial charge in [-0.05, 0) is 35.9 Å². The van der Waals surface area contributed by atoms with E-state index in [1.54, 1.807) is 25.3 Å². The predicted octanol–water partition coefficient (Wildman–Crippen LogP) is 3.17. The molecule has 0 spiro atoms. The first-order valence-corrected chi connectivity index (χ1v) is 7.52. The molecule has 2 aliphatic rings. The molecule has 0 N–H and O–H groups in total. The highest BCUT2D eigenvalue weighted by Gasteiger charge is 2.29. The molecule has 1 atom stereocenters. The zero-order valence-corrected chi connectivity index (χ0v) is 12.7. The van der Waals surface area contributed by atoms with Crippen LogP contribution in [0, 0.1) is 0 Å². The number of Topliss-reactive ketones (excluding diaryl/α,β-unsaturated/α-hetero) is 1. The topological polar surface area (TPSA) is 54.0 Å². The second-order valence-corrected chi connectivity index (χ2v) is 5.50. The van der Waals surface area contributed by atoms with Crippen molar-refractivity contribution < 1.29 is 23.7 Å². The summed E-state index contributed by atoms with van der Waals surface area (Å²) >= 11 is 0. The van der Waals surface area contributed by atoms with E-state index in [1.807, 2.05) is 18.2 Å². The minimum Gasteiger partial charge on any atom is -0.497 e. The van der Waals surface area contributed by atoms with Gasteiger partial charge in [-0.2, -0.15) is 0 Å². The van der Waals surface area contributed by atoms with Gasteiger partial charge in [-0.3, -0.25) is 4.79 Å². The summed E-state index contributed by atoms with van der Waals surface area (Å²) < 4.78 is 22.3. The van der Waals surface area contributed by atoms with E-state index in [4.69, 9.17) is 18.9 Å². The fourth-order valence-electron chi connectivity index (χ4n) is 2.88. The Bertz CT molecular complexity index is 768. The smallest absolute Gasteiger partial charge is 0.170 e. The molecular formula is C18H16O5. The van der Waals surface area contributed by atoms with Gasteiger partial charge >= 0.3 is 0 Å². The molecule has 23 heavy (non-hydrogen) atoms. The molecule has 0 aliphatic carbocycles. The first kappa shape index (κ1) is 13.9. The van der Waals surface area contributed by atoms with Gasteiger partial charge in [-0.25, -0.2) is 0 Å². The Morgan fingerprint density at radius 2 is 1.78 bits per heavy atom. The largest absolute Gasteiger partial charge is 0.497 e. The summed E-state index contributed by atoms with van der Waals surface area (Å²) in [6.07, 6.45) is -0.0287. The molecule has 0 unspecified atom stereocenters. The normalized spacial score (nSPS) is 18.8. The summed E-state index contributed by atoms with van der Waals surface area (Å²) in [5.41, 5.74) is 1.47. The molecule has 2 aromatic carbocycles. The minimum atomic E-state index is -0.320. The maximum Gasteiger partial charge on any atom is 0.170 e. The maximum atomic E-state index is 12.4. The van der Waals surface area contributed by atoms with E-state index in [-0.39, 0.29) is 11.9 Å². The zero-order chi connectivity index (χ0) is 15.8. The average Bonchev–Trinajstić information content (AvgIpc) is 2.61. The first-order chi connectivity index (χ1) is 11.2. The summed E-state index contributed by atoms with van der Waals surface area (Å²) in [6.45, 7) is 1.09. The summed E-state index contributed by atoms with van der Waals surface area (Å²) in [5, 5.41) is 0. The van der Waals surface area contributed by atoms with E-state index < -0.39 is 0 Å². The van der Waals surface area contributed by atoms with Crippen LogP contribution >= 0.6 is 0 Å². The fourth-order valence-corrected chi connectivity index (χ4v) is 2.88. The third kappa shape index (κ3) is 2.48. The van der Waals surface area contributed by atoms with Crippen LogP contribution in [0.15, 0.2) is 36.4 Å². The van der Waals surface area contributed by atoms with Crippen LogP contribution in [-0.2, 0) is 0 Å². The summed E-state index contributed by atoms with van der Waals surface area (Å²) in [6, 6.07) is 11.0.